The minimum absolute atomic E-state index is 0.380. The third-order valence-corrected chi connectivity index (χ3v) is 1.62. The van der Waals surface area contributed by atoms with Gasteiger partial charge in [0.1, 0.15) is 5.75 Å². The highest BCUT2D eigenvalue weighted by atomic mass is 16.5. The van der Waals surface area contributed by atoms with Gasteiger partial charge in [-0.25, -0.2) is 5.84 Å². The standard InChI is InChI=1S/C8H11N3O2/c1-13-7-3-2-5(4-6(7)9)8(12)11-10/h2-4H,9-10H2,1H3,(H,11,12). The lowest BCUT2D eigenvalue weighted by atomic mass is 10.2. The molecular formula is C8H11N3O2. The number of hydrogen-bond donors (Lipinski definition) is 3. The fraction of sp³-hybridized carbons (Fsp3) is 0.125. The largest absolute Gasteiger partial charge is 0.495 e. The van der Waals surface area contributed by atoms with E-state index in [1.54, 1.807) is 12.1 Å². The van der Waals surface area contributed by atoms with Gasteiger partial charge >= 0.3 is 0 Å². The highest BCUT2D eigenvalue weighted by Gasteiger charge is 2.06. The van der Waals surface area contributed by atoms with Gasteiger partial charge in [0, 0.05) is 5.56 Å². The monoisotopic (exact) mass is 181 g/mol. The molecule has 1 rings (SSSR count). The van der Waals surface area contributed by atoms with E-state index in [1.165, 1.54) is 13.2 Å². The van der Waals surface area contributed by atoms with Crippen LogP contribution in [0.25, 0.3) is 0 Å². The molecule has 0 radical (unpaired) electrons. The number of anilines is 1. The van der Waals surface area contributed by atoms with Gasteiger partial charge in [-0.15, -0.1) is 0 Å². The number of rotatable bonds is 2. The first-order valence-corrected chi connectivity index (χ1v) is 3.63. The molecule has 0 atom stereocenters. The molecule has 5 N–H and O–H groups in total. The lowest BCUT2D eigenvalue weighted by Crippen LogP contribution is -2.29. The Balaban J connectivity index is 3.02. The fourth-order valence-electron chi connectivity index (χ4n) is 0.959. The third kappa shape index (κ3) is 1.88. The van der Waals surface area contributed by atoms with Crippen molar-refractivity contribution in [2.75, 3.05) is 12.8 Å². The summed E-state index contributed by atoms with van der Waals surface area (Å²) in [4.78, 5) is 11.0. The Labute approximate surface area is 75.6 Å². The molecule has 0 aromatic heterocycles. The number of ether oxygens (including phenoxy) is 1. The molecule has 0 aliphatic carbocycles. The van der Waals surface area contributed by atoms with E-state index in [4.69, 9.17) is 16.3 Å². The number of nitrogens with two attached hydrogens (primary N) is 2. The van der Waals surface area contributed by atoms with Crippen LogP contribution in [-0.2, 0) is 0 Å². The molecule has 70 valence electrons. The van der Waals surface area contributed by atoms with Crippen molar-refractivity contribution >= 4 is 11.6 Å². The van der Waals surface area contributed by atoms with Crippen LogP contribution in [-0.4, -0.2) is 13.0 Å². The van der Waals surface area contributed by atoms with E-state index < -0.39 is 0 Å². The van der Waals surface area contributed by atoms with Crippen molar-refractivity contribution in [2.24, 2.45) is 5.84 Å². The molecule has 1 aromatic carbocycles. The number of nitrogen functional groups attached to an aromatic ring is 2. The van der Waals surface area contributed by atoms with Crippen LogP contribution >= 0.6 is 0 Å². The first kappa shape index (κ1) is 9.34. The number of hydrogen-bond acceptors (Lipinski definition) is 4. The topological polar surface area (TPSA) is 90.4 Å². The second-order valence-electron chi connectivity index (χ2n) is 2.43. The summed E-state index contributed by atoms with van der Waals surface area (Å²) >= 11 is 0. The van der Waals surface area contributed by atoms with E-state index in [9.17, 15) is 4.79 Å². The number of benzene rings is 1. The summed E-state index contributed by atoms with van der Waals surface area (Å²) < 4.78 is 4.93. The number of nitrogens with one attached hydrogen (secondary N) is 1. The summed E-state index contributed by atoms with van der Waals surface area (Å²) in [6.07, 6.45) is 0. The molecule has 0 saturated heterocycles. The predicted molar refractivity (Wildman–Crippen MR) is 49.1 cm³/mol. The lowest BCUT2D eigenvalue weighted by molar-refractivity contribution is 0.0953. The van der Waals surface area contributed by atoms with Crippen LogP contribution in [0.5, 0.6) is 5.75 Å². The van der Waals surface area contributed by atoms with Gasteiger partial charge in [0.25, 0.3) is 5.91 Å². The Morgan fingerprint density at radius 1 is 1.54 bits per heavy atom. The van der Waals surface area contributed by atoms with Gasteiger partial charge in [0.2, 0.25) is 0 Å². The Kier molecular flexibility index (Phi) is 2.71. The normalized spacial score (nSPS) is 9.38. The van der Waals surface area contributed by atoms with Crippen LogP contribution in [0, 0.1) is 0 Å². The number of methoxy groups -OCH3 is 1. The molecule has 13 heavy (non-hydrogen) atoms. The summed E-state index contributed by atoms with van der Waals surface area (Å²) in [7, 11) is 1.51. The first-order chi connectivity index (χ1) is 6.19. The number of amides is 1. The van der Waals surface area contributed by atoms with Crippen molar-refractivity contribution in [1.82, 2.24) is 5.43 Å². The Bertz CT molecular complexity index is 325. The quantitative estimate of drug-likeness (QED) is 0.257. The summed E-state index contributed by atoms with van der Waals surface area (Å²) in [6, 6.07) is 4.69. The van der Waals surface area contributed by atoms with Crippen molar-refractivity contribution < 1.29 is 9.53 Å². The van der Waals surface area contributed by atoms with Crippen molar-refractivity contribution in [1.29, 1.82) is 0 Å². The van der Waals surface area contributed by atoms with E-state index in [1.807, 2.05) is 5.43 Å². The molecule has 1 aromatic rings. The average Bonchev–Trinajstić information content (AvgIpc) is 2.16. The minimum atomic E-state index is -0.380. The van der Waals surface area contributed by atoms with E-state index in [0.29, 0.717) is 17.0 Å². The SMILES string of the molecule is COc1ccc(C(=O)NN)cc1N. The van der Waals surface area contributed by atoms with Crippen LogP contribution in [0.2, 0.25) is 0 Å². The highest BCUT2D eigenvalue weighted by molar-refractivity contribution is 5.95. The van der Waals surface area contributed by atoms with Crippen LogP contribution in [0.3, 0.4) is 0 Å². The van der Waals surface area contributed by atoms with Gasteiger partial charge in [-0.3, -0.25) is 10.2 Å². The number of hydrazine groups is 1. The van der Waals surface area contributed by atoms with Gasteiger partial charge in [0.15, 0.2) is 0 Å². The molecule has 5 heteroatoms. The van der Waals surface area contributed by atoms with Crippen molar-refractivity contribution in [3.8, 4) is 5.75 Å². The summed E-state index contributed by atoms with van der Waals surface area (Å²) in [5, 5.41) is 0. The van der Waals surface area contributed by atoms with Crippen LogP contribution in [0.1, 0.15) is 10.4 Å². The van der Waals surface area contributed by atoms with E-state index >= 15 is 0 Å². The molecule has 0 unspecified atom stereocenters. The number of carbonyl (C=O) groups is 1. The fourth-order valence-corrected chi connectivity index (χ4v) is 0.959. The Morgan fingerprint density at radius 2 is 2.23 bits per heavy atom. The molecule has 0 spiro atoms. The molecule has 5 nitrogen and oxygen atoms in total. The molecule has 1 amide bonds. The average molecular weight is 181 g/mol. The highest BCUT2D eigenvalue weighted by Crippen LogP contribution is 2.21. The zero-order chi connectivity index (χ0) is 9.84. The maximum Gasteiger partial charge on any atom is 0.265 e. The minimum Gasteiger partial charge on any atom is -0.495 e. The van der Waals surface area contributed by atoms with Crippen LogP contribution in [0.4, 0.5) is 5.69 Å². The molecule has 0 bridgehead atoms. The third-order valence-electron chi connectivity index (χ3n) is 1.62. The molecule has 0 fully saturated rings. The molecule has 0 heterocycles. The van der Waals surface area contributed by atoms with Crippen LogP contribution < -0.4 is 21.7 Å². The zero-order valence-electron chi connectivity index (χ0n) is 7.20. The molecule has 0 saturated carbocycles. The van der Waals surface area contributed by atoms with Gasteiger partial charge in [-0.05, 0) is 18.2 Å². The van der Waals surface area contributed by atoms with Gasteiger partial charge in [-0.2, -0.15) is 0 Å². The summed E-state index contributed by atoms with van der Waals surface area (Å²) in [6.45, 7) is 0. The smallest absolute Gasteiger partial charge is 0.265 e. The Morgan fingerprint density at radius 3 is 2.69 bits per heavy atom. The van der Waals surface area contributed by atoms with Crippen molar-refractivity contribution in [3.63, 3.8) is 0 Å². The zero-order valence-corrected chi connectivity index (χ0v) is 7.20. The predicted octanol–water partition coefficient (Wildman–Crippen LogP) is -0.119. The van der Waals surface area contributed by atoms with Crippen molar-refractivity contribution in [3.05, 3.63) is 23.8 Å². The van der Waals surface area contributed by atoms with E-state index in [0.717, 1.165) is 0 Å². The molecule has 0 aliphatic rings. The summed E-state index contributed by atoms with van der Waals surface area (Å²) in [5.74, 6) is 5.11. The van der Waals surface area contributed by atoms with Crippen molar-refractivity contribution in [2.45, 2.75) is 0 Å². The van der Waals surface area contributed by atoms with Crippen LogP contribution in [0.15, 0.2) is 18.2 Å². The number of carbonyl (C=O) groups excluding carboxylic acids is 1. The lowest BCUT2D eigenvalue weighted by Gasteiger charge is -2.05. The first-order valence-electron chi connectivity index (χ1n) is 3.63. The van der Waals surface area contributed by atoms with Gasteiger partial charge < -0.3 is 10.5 Å². The Hall–Kier alpha value is -1.75. The second-order valence-corrected chi connectivity index (χ2v) is 2.43. The molecular weight excluding hydrogens is 170 g/mol. The maximum atomic E-state index is 11.0. The van der Waals surface area contributed by atoms with E-state index in [-0.39, 0.29) is 5.91 Å². The van der Waals surface area contributed by atoms with Gasteiger partial charge in [0.05, 0.1) is 12.8 Å². The molecule has 0 aliphatic heterocycles. The summed E-state index contributed by atoms with van der Waals surface area (Å²) in [5.41, 5.74) is 8.40. The van der Waals surface area contributed by atoms with Gasteiger partial charge in [-0.1, -0.05) is 0 Å². The van der Waals surface area contributed by atoms with E-state index in [2.05, 4.69) is 0 Å². The maximum absolute atomic E-state index is 11.0. The second kappa shape index (κ2) is 3.77.